The van der Waals surface area contributed by atoms with Crippen LogP contribution in [0.3, 0.4) is 0 Å². The van der Waals surface area contributed by atoms with Gasteiger partial charge in [-0.2, -0.15) is 0 Å². The Morgan fingerprint density at radius 3 is 2.30 bits per heavy atom. The summed E-state index contributed by atoms with van der Waals surface area (Å²) in [5.41, 5.74) is 5.88. The molecule has 2 N–H and O–H groups in total. The molecule has 0 unspecified atom stereocenters. The highest BCUT2D eigenvalue weighted by atomic mass is 15.1. The molecule has 2 aromatic carbocycles. The van der Waals surface area contributed by atoms with Crippen molar-refractivity contribution in [2.24, 2.45) is 0 Å². The van der Waals surface area contributed by atoms with E-state index in [0.717, 1.165) is 29.8 Å². The third-order valence-corrected chi connectivity index (χ3v) is 3.63. The average molecular weight is 265 g/mol. The normalized spacial score (nSPS) is 10.9. The number of aryl methyl sites for hydroxylation is 2. The Kier molecular flexibility index (Phi) is 3.42. The van der Waals surface area contributed by atoms with E-state index in [2.05, 4.69) is 47.3 Å². The number of para-hydroxylation sites is 3. The Morgan fingerprint density at radius 2 is 1.65 bits per heavy atom. The first kappa shape index (κ1) is 12.7. The van der Waals surface area contributed by atoms with Crippen LogP contribution in [0.15, 0.2) is 42.5 Å². The topological polar surface area (TPSA) is 40.7 Å². The highest BCUT2D eigenvalue weighted by molar-refractivity contribution is 5.78. The molecule has 3 aromatic rings. The minimum atomic E-state index is 0.807. The number of hydrogen-bond donors (Lipinski definition) is 2. The molecule has 0 radical (unpaired) electrons. The van der Waals surface area contributed by atoms with Crippen molar-refractivity contribution in [2.45, 2.75) is 26.7 Å². The molecule has 0 fully saturated rings. The predicted octanol–water partition coefficient (Wildman–Crippen LogP) is 4.43. The number of imidazole rings is 1. The fourth-order valence-electron chi connectivity index (χ4n) is 2.53. The minimum absolute atomic E-state index is 0.807. The maximum absolute atomic E-state index is 4.59. The van der Waals surface area contributed by atoms with Gasteiger partial charge in [0.2, 0.25) is 5.95 Å². The SMILES string of the molecule is CCc1cccc(CC)c1Nc1nc2ccccc2[nH]1. The quantitative estimate of drug-likeness (QED) is 0.732. The van der Waals surface area contributed by atoms with E-state index in [1.807, 2.05) is 24.3 Å². The van der Waals surface area contributed by atoms with E-state index in [4.69, 9.17) is 0 Å². The maximum Gasteiger partial charge on any atom is 0.205 e. The van der Waals surface area contributed by atoms with Gasteiger partial charge in [0.15, 0.2) is 0 Å². The molecule has 0 saturated heterocycles. The first-order valence-electron chi connectivity index (χ1n) is 7.14. The summed E-state index contributed by atoms with van der Waals surface area (Å²) >= 11 is 0. The fourth-order valence-corrected chi connectivity index (χ4v) is 2.53. The zero-order valence-electron chi connectivity index (χ0n) is 11.9. The number of hydrogen-bond acceptors (Lipinski definition) is 2. The van der Waals surface area contributed by atoms with E-state index in [0.29, 0.717) is 0 Å². The van der Waals surface area contributed by atoms with Crippen LogP contribution in [0.4, 0.5) is 11.6 Å². The number of fused-ring (bicyclic) bond motifs is 1. The molecule has 0 aliphatic carbocycles. The molecular weight excluding hydrogens is 246 g/mol. The Balaban J connectivity index is 2.01. The van der Waals surface area contributed by atoms with Crippen LogP contribution >= 0.6 is 0 Å². The van der Waals surface area contributed by atoms with E-state index in [1.54, 1.807) is 0 Å². The lowest BCUT2D eigenvalue weighted by atomic mass is 10.0. The van der Waals surface area contributed by atoms with Gasteiger partial charge in [-0.25, -0.2) is 4.98 Å². The smallest absolute Gasteiger partial charge is 0.205 e. The summed E-state index contributed by atoms with van der Waals surface area (Å²) in [6.07, 6.45) is 2.02. The van der Waals surface area contributed by atoms with Crippen LogP contribution in [0.1, 0.15) is 25.0 Å². The van der Waals surface area contributed by atoms with Gasteiger partial charge in [0.1, 0.15) is 0 Å². The van der Waals surface area contributed by atoms with Gasteiger partial charge in [0, 0.05) is 5.69 Å². The van der Waals surface area contributed by atoms with E-state index in [1.165, 1.54) is 16.8 Å². The summed E-state index contributed by atoms with van der Waals surface area (Å²) in [5, 5.41) is 3.47. The summed E-state index contributed by atoms with van der Waals surface area (Å²) in [5.74, 6) is 0.807. The van der Waals surface area contributed by atoms with E-state index < -0.39 is 0 Å². The lowest BCUT2D eigenvalue weighted by Gasteiger charge is -2.13. The Bertz CT molecular complexity index is 673. The van der Waals surface area contributed by atoms with Crippen molar-refractivity contribution in [3.63, 3.8) is 0 Å². The van der Waals surface area contributed by atoms with Gasteiger partial charge in [-0.3, -0.25) is 0 Å². The lowest BCUT2D eigenvalue weighted by Crippen LogP contribution is -2.01. The van der Waals surface area contributed by atoms with Gasteiger partial charge < -0.3 is 10.3 Å². The van der Waals surface area contributed by atoms with Crippen molar-refractivity contribution >= 4 is 22.7 Å². The number of H-pyrrole nitrogens is 1. The summed E-state index contributed by atoms with van der Waals surface area (Å²) < 4.78 is 0. The molecule has 3 nitrogen and oxygen atoms in total. The standard InChI is InChI=1S/C17H19N3/c1-3-12-8-7-9-13(4-2)16(12)20-17-18-14-10-5-6-11-15(14)19-17/h5-11H,3-4H2,1-2H3,(H2,18,19,20). The summed E-state index contributed by atoms with van der Waals surface area (Å²) in [7, 11) is 0. The van der Waals surface area contributed by atoms with Gasteiger partial charge in [0.25, 0.3) is 0 Å². The third-order valence-electron chi connectivity index (χ3n) is 3.63. The van der Waals surface area contributed by atoms with Gasteiger partial charge >= 0.3 is 0 Å². The van der Waals surface area contributed by atoms with E-state index >= 15 is 0 Å². The second-order valence-corrected chi connectivity index (χ2v) is 4.89. The number of anilines is 2. The monoisotopic (exact) mass is 265 g/mol. The van der Waals surface area contributed by atoms with E-state index in [9.17, 15) is 0 Å². The van der Waals surface area contributed by atoms with Gasteiger partial charge in [-0.1, -0.05) is 44.2 Å². The van der Waals surface area contributed by atoms with Crippen molar-refractivity contribution in [2.75, 3.05) is 5.32 Å². The Labute approximate surface area is 119 Å². The second kappa shape index (κ2) is 5.37. The first-order valence-corrected chi connectivity index (χ1v) is 7.14. The average Bonchev–Trinajstić information content (AvgIpc) is 2.89. The van der Waals surface area contributed by atoms with Crippen LogP contribution in [-0.2, 0) is 12.8 Å². The zero-order valence-corrected chi connectivity index (χ0v) is 11.9. The number of aromatic amines is 1. The summed E-state index contributed by atoms with van der Waals surface area (Å²) in [6.45, 7) is 4.36. The molecule has 102 valence electrons. The molecule has 0 atom stereocenters. The van der Waals surface area contributed by atoms with E-state index in [-0.39, 0.29) is 0 Å². The third kappa shape index (κ3) is 2.27. The van der Waals surface area contributed by atoms with Crippen molar-refractivity contribution in [3.8, 4) is 0 Å². The van der Waals surface area contributed by atoms with Crippen molar-refractivity contribution in [1.29, 1.82) is 0 Å². The molecule has 3 rings (SSSR count). The van der Waals surface area contributed by atoms with Gasteiger partial charge in [-0.15, -0.1) is 0 Å². The first-order chi connectivity index (χ1) is 9.81. The summed E-state index contributed by atoms with van der Waals surface area (Å²) in [6, 6.07) is 14.5. The van der Waals surface area contributed by atoms with Crippen molar-refractivity contribution < 1.29 is 0 Å². The van der Waals surface area contributed by atoms with Crippen LogP contribution in [0.5, 0.6) is 0 Å². The largest absolute Gasteiger partial charge is 0.325 e. The molecule has 1 aromatic heterocycles. The van der Waals surface area contributed by atoms with Crippen LogP contribution in [0, 0.1) is 0 Å². The highest BCUT2D eigenvalue weighted by Crippen LogP contribution is 2.26. The summed E-state index contributed by atoms with van der Waals surface area (Å²) in [4.78, 5) is 7.92. The minimum Gasteiger partial charge on any atom is -0.325 e. The Morgan fingerprint density at radius 1 is 0.950 bits per heavy atom. The second-order valence-electron chi connectivity index (χ2n) is 4.89. The molecule has 0 spiro atoms. The van der Waals surface area contributed by atoms with Crippen LogP contribution in [0.2, 0.25) is 0 Å². The van der Waals surface area contributed by atoms with Crippen LogP contribution < -0.4 is 5.32 Å². The number of benzene rings is 2. The number of nitrogens with zero attached hydrogens (tertiary/aromatic N) is 1. The van der Waals surface area contributed by atoms with Gasteiger partial charge in [0.05, 0.1) is 11.0 Å². The fraction of sp³-hybridized carbons (Fsp3) is 0.235. The number of nitrogens with one attached hydrogen (secondary N) is 2. The molecule has 3 heteroatoms. The van der Waals surface area contributed by atoms with Crippen molar-refractivity contribution in [1.82, 2.24) is 9.97 Å². The predicted molar refractivity (Wildman–Crippen MR) is 84.6 cm³/mol. The lowest BCUT2D eigenvalue weighted by molar-refractivity contribution is 1.08. The maximum atomic E-state index is 4.59. The molecule has 0 aliphatic rings. The highest BCUT2D eigenvalue weighted by Gasteiger charge is 2.08. The molecule has 1 heterocycles. The number of aromatic nitrogens is 2. The van der Waals surface area contributed by atoms with Crippen molar-refractivity contribution in [3.05, 3.63) is 53.6 Å². The molecule has 0 amide bonds. The van der Waals surface area contributed by atoms with Crippen LogP contribution in [0.25, 0.3) is 11.0 Å². The Hall–Kier alpha value is -2.29. The molecule has 20 heavy (non-hydrogen) atoms. The molecular formula is C17H19N3. The molecule has 0 saturated carbocycles. The molecule has 0 aliphatic heterocycles. The number of rotatable bonds is 4. The van der Waals surface area contributed by atoms with Crippen LogP contribution in [-0.4, -0.2) is 9.97 Å². The molecule has 0 bridgehead atoms. The van der Waals surface area contributed by atoms with Gasteiger partial charge in [-0.05, 0) is 36.1 Å². The zero-order chi connectivity index (χ0) is 13.9.